The minimum Gasteiger partial charge on any atom is -0.393 e. The Kier molecular flexibility index (Phi) is 5.04. The second kappa shape index (κ2) is 7.21. The Bertz CT molecular complexity index is 709. The van der Waals surface area contributed by atoms with Crippen LogP contribution in [0.5, 0.6) is 0 Å². The van der Waals surface area contributed by atoms with E-state index in [9.17, 15) is 5.11 Å². The van der Waals surface area contributed by atoms with Gasteiger partial charge in [0.15, 0.2) is 0 Å². The fourth-order valence-corrected chi connectivity index (χ4v) is 8.95. The molecule has 1 N–H and O–H groups in total. The lowest BCUT2D eigenvalue weighted by molar-refractivity contribution is -0.0532. The molecule has 2 nitrogen and oxygen atoms in total. The number of aliphatic hydroxyl groups excluding tert-OH is 1. The zero-order valence-corrected chi connectivity index (χ0v) is 19.3. The summed E-state index contributed by atoms with van der Waals surface area (Å²) < 4.78 is 0. The first-order chi connectivity index (χ1) is 13.8. The fourth-order valence-electron chi connectivity index (χ4n) is 8.95. The van der Waals surface area contributed by atoms with Crippen LogP contribution in [0.2, 0.25) is 0 Å². The Morgan fingerprint density at radius 2 is 1.90 bits per heavy atom. The maximum atomic E-state index is 10.2. The summed E-state index contributed by atoms with van der Waals surface area (Å²) in [6, 6.07) is 0. The smallest absolute Gasteiger partial charge is 0.0577 e. The molecule has 5 aliphatic rings. The van der Waals surface area contributed by atoms with Gasteiger partial charge in [0.2, 0.25) is 0 Å². The van der Waals surface area contributed by atoms with Crippen molar-refractivity contribution in [2.75, 3.05) is 6.54 Å². The minimum atomic E-state index is -0.0876. The number of allylic oxidation sites excluding steroid dienone is 1. The fraction of sp³-hybridized carbons (Fsp3) is 0.889. The number of aliphatic imine (C=N–C) groups is 1. The predicted octanol–water partition coefficient (Wildman–Crippen LogP) is 6.43. The first-order valence-corrected chi connectivity index (χ1v) is 12.7. The summed E-state index contributed by atoms with van der Waals surface area (Å²) in [6.45, 7) is 11.2. The lowest BCUT2D eigenvalue weighted by atomic mass is 9.47. The Morgan fingerprint density at radius 1 is 1.07 bits per heavy atom. The molecule has 3 fully saturated rings. The van der Waals surface area contributed by atoms with Crippen LogP contribution in [0.3, 0.4) is 0 Å². The van der Waals surface area contributed by atoms with Crippen molar-refractivity contribution in [2.24, 2.45) is 51.3 Å². The van der Waals surface area contributed by atoms with Gasteiger partial charge in [0.25, 0.3) is 0 Å². The van der Waals surface area contributed by atoms with Crippen LogP contribution in [0.1, 0.15) is 91.9 Å². The predicted molar refractivity (Wildman–Crippen MR) is 121 cm³/mol. The van der Waals surface area contributed by atoms with Crippen molar-refractivity contribution in [1.82, 2.24) is 0 Å². The van der Waals surface area contributed by atoms with Gasteiger partial charge in [0.05, 0.1) is 6.10 Å². The molecule has 0 aromatic heterocycles. The molecule has 0 spiro atoms. The molecule has 2 heteroatoms. The number of hydrogen-bond donors (Lipinski definition) is 1. The highest BCUT2D eigenvalue weighted by atomic mass is 16.3. The van der Waals surface area contributed by atoms with Crippen LogP contribution in [-0.2, 0) is 0 Å². The van der Waals surface area contributed by atoms with E-state index in [2.05, 4.69) is 33.8 Å². The summed E-state index contributed by atoms with van der Waals surface area (Å²) in [5.41, 5.74) is 4.05. The normalized spacial score (nSPS) is 50.7. The average molecular weight is 398 g/mol. The van der Waals surface area contributed by atoms with E-state index in [1.807, 2.05) is 0 Å². The van der Waals surface area contributed by atoms with E-state index in [-0.39, 0.29) is 6.10 Å². The summed E-state index contributed by atoms with van der Waals surface area (Å²) in [4.78, 5) is 5.06. The van der Waals surface area contributed by atoms with Gasteiger partial charge in [0, 0.05) is 12.3 Å². The summed E-state index contributed by atoms with van der Waals surface area (Å²) in [6.07, 6.45) is 15.2. The molecule has 29 heavy (non-hydrogen) atoms. The summed E-state index contributed by atoms with van der Waals surface area (Å²) in [5, 5.41) is 10.2. The van der Waals surface area contributed by atoms with Gasteiger partial charge in [-0.1, -0.05) is 39.3 Å². The molecule has 5 rings (SSSR count). The zero-order chi connectivity index (χ0) is 20.4. The van der Waals surface area contributed by atoms with E-state index in [1.165, 1.54) is 51.4 Å². The molecule has 0 amide bonds. The monoisotopic (exact) mass is 397 g/mol. The summed E-state index contributed by atoms with van der Waals surface area (Å²) >= 11 is 0. The van der Waals surface area contributed by atoms with E-state index in [1.54, 1.807) is 11.3 Å². The number of fused-ring (bicyclic) bond motifs is 5. The number of hydrogen-bond acceptors (Lipinski definition) is 2. The molecule has 0 saturated heterocycles. The molecule has 0 radical (unpaired) electrons. The highest BCUT2D eigenvalue weighted by molar-refractivity contribution is 5.87. The molecule has 3 saturated carbocycles. The highest BCUT2D eigenvalue weighted by Gasteiger charge is 2.59. The van der Waals surface area contributed by atoms with Crippen molar-refractivity contribution in [3.63, 3.8) is 0 Å². The van der Waals surface area contributed by atoms with Crippen LogP contribution < -0.4 is 0 Å². The molecule has 1 aliphatic heterocycles. The Hall–Kier alpha value is -0.630. The summed E-state index contributed by atoms with van der Waals surface area (Å²) in [5.74, 6) is 4.94. The molecule has 1 unspecified atom stereocenters. The Morgan fingerprint density at radius 3 is 2.66 bits per heavy atom. The molecule has 1 heterocycles. The van der Waals surface area contributed by atoms with Crippen molar-refractivity contribution in [3.05, 3.63) is 11.6 Å². The minimum absolute atomic E-state index is 0.0876. The molecule has 0 aromatic rings. The van der Waals surface area contributed by atoms with Crippen molar-refractivity contribution < 1.29 is 5.11 Å². The van der Waals surface area contributed by atoms with E-state index < -0.39 is 0 Å². The number of rotatable bonds is 2. The molecule has 0 aromatic carbocycles. The molecular formula is C27H43NO. The van der Waals surface area contributed by atoms with E-state index in [0.717, 1.165) is 49.0 Å². The van der Waals surface area contributed by atoms with Crippen molar-refractivity contribution >= 4 is 5.71 Å². The number of aliphatic hydroxyl groups is 1. The molecule has 4 aliphatic carbocycles. The van der Waals surface area contributed by atoms with Gasteiger partial charge >= 0.3 is 0 Å². The Balaban J connectivity index is 1.38. The molecule has 9 atom stereocenters. The van der Waals surface area contributed by atoms with Gasteiger partial charge in [-0.25, -0.2) is 0 Å². The third-order valence-electron chi connectivity index (χ3n) is 10.8. The van der Waals surface area contributed by atoms with Gasteiger partial charge in [-0.05, 0) is 111 Å². The maximum Gasteiger partial charge on any atom is 0.0577 e. The lowest BCUT2D eigenvalue weighted by Gasteiger charge is -2.58. The Labute approximate surface area is 178 Å². The van der Waals surface area contributed by atoms with Crippen LogP contribution in [0.25, 0.3) is 0 Å². The third kappa shape index (κ3) is 3.10. The van der Waals surface area contributed by atoms with Gasteiger partial charge in [0.1, 0.15) is 0 Å². The quantitative estimate of drug-likeness (QED) is 0.535. The van der Waals surface area contributed by atoms with E-state index >= 15 is 0 Å². The first-order valence-electron chi connectivity index (χ1n) is 12.7. The van der Waals surface area contributed by atoms with Gasteiger partial charge < -0.3 is 5.11 Å². The summed E-state index contributed by atoms with van der Waals surface area (Å²) in [7, 11) is 0. The topological polar surface area (TPSA) is 32.6 Å². The van der Waals surface area contributed by atoms with E-state index in [4.69, 9.17) is 4.99 Å². The average Bonchev–Trinajstić information content (AvgIpc) is 3.06. The van der Waals surface area contributed by atoms with Gasteiger partial charge in [-0.15, -0.1) is 0 Å². The van der Waals surface area contributed by atoms with Crippen LogP contribution in [-0.4, -0.2) is 23.5 Å². The standard InChI is InChI=1S/C27H43NO/c1-17-5-10-25(28-16-17)18(2)22-8-9-23-21-7-6-19-15-20(29)11-13-26(19,3)24(21)12-14-27(22,23)4/h6,17-18,20-24,29H,5,7-16H2,1-4H3/t17-,18?,20-,21-,22+,23-,24-,26-,27+/m0/s1. The van der Waals surface area contributed by atoms with Crippen molar-refractivity contribution in [1.29, 1.82) is 0 Å². The van der Waals surface area contributed by atoms with Crippen LogP contribution in [0, 0.1) is 46.3 Å². The van der Waals surface area contributed by atoms with Crippen molar-refractivity contribution in [2.45, 2.75) is 98.0 Å². The molecular weight excluding hydrogens is 354 g/mol. The maximum absolute atomic E-state index is 10.2. The second-order valence-corrected chi connectivity index (χ2v) is 12.1. The second-order valence-electron chi connectivity index (χ2n) is 12.1. The SMILES string of the molecule is CC(C1=NC[C@@H](C)CC1)[C@H]1CC[C@H]2[C@@H]3CC=C4C[C@@H](O)CC[C@]4(C)[C@H]3CC[C@]12C. The van der Waals surface area contributed by atoms with E-state index in [0.29, 0.717) is 16.7 Å². The van der Waals surface area contributed by atoms with Gasteiger partial charge in [-0.2, -0.15) is 0 Å². The van der Waals surface area contributed by atoms with Crippen LogP contribution in [0.4, 0.5) is 0 Å². The van der Waals surface area contributed by atoms with Crippen LogP contribution in [0.15, 0.2) is 16.6 Å². The lowest BCUT2D eigenvalue weighted by Crippen LogP contribution is -2.51. The highest BCUT2D eigenvalue weighted by Crippen LogP contribution is 2.67. The van der Waals surface area contributed by atoms with Crippen LogP contribution >= 0.6 is 0 Å². The number of nitrogens with zero attached hydrogens (tertiary/aromatic N) is 1. The molecule has 0 bridgehead atoms. The zero-order valence-electron chi connectivity index (χ0n) is 19.3. The van der Waals surface area contributed by atoms with Gasteiger partial charge in [-0.3, -0.25) is 4.99 Å². The third-order valence-corrected chi connectivity index (χ3v) is 10.8. The first kappa shape index (κ1) is 20.3. The van der Waals surface area contributed by atoms with Crippen molar-refractivity contribution in [3.8, 4) is 0 Å². The molecule has 162 valence electrons. The largest absolute Gasteiger partial charge is 0.393 e.